The smallest absolute Gasteiger partial charge is 0.403 e. The molecule has 0 N–H and O–H groups in total. The molecule has 13 heteroatoms. The molecule has 2 spiro atoms. The second-order valence-corrected chi connectivity index (χ2v) is 11.0. The summed E-state index contributed by atoms with van der Waals surface area (Å²) in [6.07, 6.45) is 4.12. The van der Waals surface area contributed by atoms with Gasteiger partial charge >= 0.3 is 35.6 Å². The van der Waals surface area contributed by atoms with E-state index in [1.807, 2.05) is 12.1 Å². The molecule has 0 bridgehead atoms. The zero-order valence-corrected chi connectivity index (χ0v) is 23.3. The molecule has 7 rings (SSSR count). The quantitative estimate of drug-likeness (QED) is 0.397. The Morgan fingerprint density at radius 2 is 1.43 bits per heavy atom. The maximum absolute atomic E-state index is 14.0. The molecule has 1 aromatic heterocycles. The van der Waals surface area contributed by atoms with Crippen molar-refractivity contribution in [2.45, 2.75) is 43.5 Å². The van der Waals surface area contributed by atoms with Crippen LogP contribution in [0.25, 0.3) is 11.0 Å². The molecule has 12 nitrogen and oxygen atoms in total. The molecule has 1 atom stereocenters. The lowest BCUT2D eigenvalue weighted by atomic mass is 9.82. The molecule has 0 amide bonds. The number of aromatic nitrogens is 1. The van der Waals surface area contributed by atoms with Crippen molar-refractivity contribution in [3.05, 3.63) is 89.4 Å². The predicted molar refractivity (Wildman–Crippen MR) is 146 cm³/mol. The molecule has 226 valence electrons. The number of benzene rings is 2. The number of carbonyl (C=O) groups is 4. The first-order valence-corrected chi connectivity index (χ1v) is 14.1. The van der Waals surface area contributed by atoms with E-state index in [1.54, 1.807) is 0 Å². The lowest BCUT2D eigenvalue weighted by molar-refractivity contribution is -0.425. The first-order chi connectivity index (χ1) is 21.3. The third-order valence-electron chi connectivity index (χ3n) is 8.30. The Hall–Kier alpha value is -4.88. The van der Waals surface area contributed by atoms with Crippen LogP contribution in [0.15, 0.2) is 71.3 Å². The van der Waals surface area contributed by atoms with Crippen molar-refractivity contribution < 1.29 is 47.0 Å². The number of piperidine rings is 1. The number of nitrogens with zero attached hydrogens (tertiary/aromatic N) is 3. The highest BCUT2D eigenvalue weighted by molar-refractivity contribution is 5.95. The van der Waals surface area contributed by atoms with Gasteiger partial charge < -0.3 is 23.5 Å². The number of halogens is 1. The van der Waals surface area contributed by atoms with Crippen LogP contribution in [0.1, 0.15) is 35.6 Å². The molecule has 5 heterocycles. The van der Waals surface area contributed by atoms with Crippen LogP contribution >= 0.6 is 0 Å². The third-order valence-corrected chi connectivity index (χ3v) is 8.30. The number of ether oxygens (including phenoxy) is 4. The van der Waals surface area contributed by atoms with Crippen LogP contribution in [0, 0.1) is 5.82 Å². The topological polar surface area (TPSA) is 138 Å². The number of rotatable bonds is 5. The van der Waals surface area contributed by atoms with Crippen molar-refractivity contribution in [1.29, 1.82) is 0 Å². The number of carbonyl (C=O) groups excluding carboxylic acids is 4. The van der Waals surface area contributed by atoms with Gasteiger partial charge in [-0.1, -0.05) is 29.4 Å². The van der Waals surface area contributed by atoms with Gasteiger partial charge in [0, 0.05) is 68.5 Å². The normalized spacial score (nSPS) is 22.8. The summed E-state index contributed by atoms with van der Waals surface area (Å²) in [4.78, 5) is 55.9. The molecule has 4 aliphatic rings. The second kappa shape index (κ2) is 10.7. The maximum Gasteiger partial charge on any atom is 0.403 e. The second-order valence-electron chi connectivity index (χ2n) is 11.0. The fraction of sp³-hybridized carbons (Fsp3) is 0.323. The minimum Gasteiger partial charge on any atom is -0.409 e. The van der Waals surface area contributed by atoms with Gasteiger partial charge in [-0.15, -0.1) is 0 Å². The number of likely N-dealkylation sites (tertiary alicyclic amines) is 1. The molecule has 0 aliphatic carbocycles. The molecule has 3 aromatic rings. The standard InChI is InChI=1S/C31H26FN3O9/c32-21-6-7-22-24(16-21)44-33-29(22)23-12-15-35(14-3-13-34-17-19-4-1-2-5-20(19)18-34)31(42-27(38)10-11-28(39)43-31)30(23)40-25(36)8-9-26(37)41-30/h1-2,4-11,16,23H,3,12-15,17-18H2. The zero-order valence-electron chi connectivity index (χ0n) is 23.3. The van der Waals surface area contributed by atoms with Gasteiger partial charge in [0.15, 0.2) is 5.58 Å². The molecule has 0 radical (unpaired) electrons. The van der Waals surface area contributed by atoms with Crippen molar-refractivity contribution in [3.8, 4) is 0 Å². The molecule has 1 fully saturated rings. The van der Waals surface area contributed by atoms with Gasteiger partial charge in [-0.25, -0.2) is 28.5 Å². The summed E-state index contributed by atoms with van der Waals surface area (Å²) in [6.45, 7) is 2.49. The Labute approximate surface area is 249 Å². The summed E-state index contributed by atoms with van der Waals surface area (Å²) in [6, 6.07) is 11.9. The lowest BCUT2D eigenvalue weighted by Gasteiger charge is -2.54. The minimum absolute atomic E-state index is 0.0826. The van der Waals surface area contributed by atoms with E-state index >= 15 is 0 Å². The zero-order chi connectivity index (χ0) is 30.5. The molecule has 4 aliphatic heterocycles. The average molecular weight is 604 g/mol. The lowest BCUT2D eigenvalue weighted by Crippen LogP contribution is -2.75. The van der Waals surface area contributed by atoms with Crippen LogP contribution in [0.2, 0.25) is 0 Å². The predicted octanol–water partition coefficient (Wildman–Crippen LogP) is 2.82. The third kappa shape index (κ3) is 4.64. The van der Waals surface area contributed by atoms with Crippen molar-refractivity contribution >= 4 is 34.8 Å². The summed E-state index contributed by atoms with van der Waals surface area (Å²) in [5.74, 6) is -10.9. The van der Waals surface area contributed by atoms with E-state index in [9.17, 15) is 23.6 Å². The minimum atomic E-state index is -2.57. The van der Waals surface area contributed by atoms with E-state index < -0.39 is 47.3 Å². The highest BCUT2D eigenvalue weighted by atomic mass is 19.1. The van der Waals surface area contributed by atoms with E-state index in [4.69, 9.17) is 23.5 Å². The van der Waals surface area contributed by atoms with Crippen molar-refractivity contribution in [3.63, 3.8) is 0 Å². The average Bonchev–Trinajstić information content (AvgIpc) is 3.51. The van der Waals surface area contributed by atoms with E-state index in [2.05, 4.69) is 22.2 Å². The van der Waals surface area contributed by atoms with Crippen LogP contribution in [0.3, 0.4) is 0 Å². The van der Waals surface area contributed by atoms with Crippen LogP contribution in [-0.2, 0) is 51.2 Å². The highest BCUT2D eigenvalue weighted by Crippen LogP contribution is 2.53. The van der Waals surface area contributed by atoms with Crippen molar-refractivity contribution in [2.24, 2.45) is 0 Å². The molecule has 1 unspecified atom stereocenters. The van der Waals surface area contributed by atoms with E-state index in [0.717, 1.165) is 43.5 Å². The monoisotopic (exact) mass is 603 g/mol. The Bertz CT molecular complexity index is 1680. The molecular formula is C31H26FN3O9. The number of hydrogen-bond acceptors (Lipinski definition) is 12. The van der Waals surface area contributed by atoms with Gasteiger partial charge in [-0.05, 0) is 36.1 Å². The van der Waals surface area contributed by atoms with Crippen LogP contribution in [-0.4, -0.2) is 70.2 Å². The summed E-state index contributed by atoms with van der Waals surface area (Å²) in [5, 5.41) is 4.46. The fourth-order valence-corrected chi connectivity index (χ4v) is 6.43. The molecular weight excluding hydrogens is 577 g/mol. The van der Waals surface area contributed by atoms with Gasteiger partial charge in [0.2, 0.25) is 0 Å². The Morgan fingerprint density at radius 1 is 0.818 bits per heavy atom. The Balaban J connectivity index is 1.29. The SMILES string of the molecule is O=C1C=CC(=O)OC2(O1)C(c1noc3cc(F)ccc13)CCN(CCCN1Cc3ccccc3C1)C21OC(=O)C=CC(=O)O1. The van der Waals surface area contributed by atoms with Crippen LogP contribution in [0.5, 0.6) is 0 Å². The number of hydrogen-bond donors (Lipinski definition) is 0. The summed E-state index contributed by atoms with van der Waals surface area (Å²) < 4.78 is 42.8. The maximum atomic E-state index is 14.0. The first-order valence-electron chi connectivity index (χ1n) is 14.1. The summed E-state index contributed by atoms with van der Waals surface area (Å²) in [5.41, 5.74) is 2.69. The van der Waals surface area contributed by atoms with E-state index in [1.165, 1.54) is 28.2 Å². The summed E-state index contributed by atoms with van der Waals surface area (Å²) in [7, 11) is 0. The van der Waals surface area contributed by atoms with Gasteiger partial charge in [-0.3, -0.25) is 4.90 Å². The summed E-state index contributed by atoms with van der Waals surface area (Å²) >= 11 is 0. The van der Waals surface area contributed by atoms with Gasteiger partial charge in [-0.2, -0.15) is 0 Å². The molecule has 44 heavy (non-hydrogen) atoms. The van der Waals surface area contributed by atoms with Crippen molar-refractivity contribution in [2.75, 3.05) is 19.6 Å². The largest absolute Gasteiger partial charge is 0.409 e. The van der Waals surface area contributed by atoms with E-state index in [-0.39, 0.29) is 30.8 Å². The van der Waals surface area contributed by atoms with Gasteiger partial charge in [0.1, 0.15) is 11.5 Å². The number of fused-ring (bicyclic) bond motifs is 3. The van der Waals surface area contributed by atoms with Gasteiger partial charge in [0.25, 0.3) is 0 Å². The molecule has 1 saturated heterocycles. The Morgan fingerprint density at radius 3 is 2.07 bits per heavy atom. The highest BCUT2D eigenvalue weighted by Gasteiger charge is 2.75. The fourth-order valence-electron chi connectivity index (χ4n) is 6.43. The Kier molecular flexibility index (Phi) is 6.78. The molecule has 2 aromatic carbocycles. The van der Waals surface area contributed by atoms with Crippen LogP contribution < -0.4 is 0 Å². The van der Waals surface area contributed by atoms with Crippen molar-refractivity contribution in [1.82, 2.24) is 15.0 Å². The van der Waals surface area contributed by atoms with Gasteiger partial charge in [0.05, 0.1) is 5.92 Å². The van der Waals surface area contributed by atoms with E-state index in [0.29, 0.717) is 18.4 Å². The molecule has 0 saturated carbocycles. The number of esters is 4. The first kappa shape index (κ1) is 27.9. The van der Waals surface area contributed by atoms with Crippen LogP contribution in [0.4, 0.5) is 4.39 Å².